The monoisotopic (exact) mass is 203 g/mol. The van der Waals surface area contributed by atoms with Crippen molar-refractivity contribution in [2.24, 2.45) is 0 Å². The zero-order valence-corrected chi connectivity index (χ0v) is 8.21. The normalized spacial score (nSPS) is 10.5. The maximum atomic E-state index is 4.75. The van der Waals surface area contributed by atoms with E-state index in [1.807, 2.05) is 30.3 Å². The molecule has 1 aromatic carbocycles. The van der Waals surface area contributed by atoms with Crippen LogP contribution in [0, 0.1) is 7.11 Å². The van der Waals surface area contributed by atoms with Gasteiger partial charge in [-0.3, -0.25) is 0 Å². The van der Waals surface area contributed by atoms with E-state index in [-0.39, 0.29) is 0 Å². The van der Waals surface area contributed by atoms with Gasteiger partial charge >= 0.3 is 0 Å². The molecular weight excluding hydrogens is 192 g/mol. The molecule has 0 unspecified atom stereocenters. The summed E-state index contributed by atoms with van der Waals surface area (Å²) in [5.41, 5.74) is 1.15. The Kier molecular flexibility index (Phi) is 3.04. The highest BCUT2D eigenvalue weighted by Gasteiger charge is 2.05. The molecule has 0 spiro atoms. The molecule has 1 radical (unpaired) electrons. The number of benzene rings is 1. The highest BCUT2D eigenvalue weighted by atomic mass is 16.5. The number of aromatic nitrogens is 4. The average Bonchev–Trinajstić information content (AvgIpc) is 2.68. The van der Waals surface area contributed by atoms with Crippen molar-refractivity contribution < 1.29 is 4.74 Å². The lowest BCUT2D eigenvalue weighted by Crippen LogP contribution is -2.07. The van der Waals surface area contributed by atoms with Gasteiger partial charge in [0, 0.05) is 0 Å². The van der Waals surface area contributed by atoms with Crippen LogP contribution in [0.2, 0.25) is 0 Å². The van der Waals surface area contributed by atoms with Gasteiger partial charge in [0.15, 0.2) is 5.82 Å². The van der Waals surface area contributed by atoms with E-state index in [0.717, 1.165) is 5.56 Å². The summed E-state index contributed by atoms with van der Waals surface area (Å²) in [6, 6.07) is 9.99. The molecule has 0 aliphatic heterocycles. The molecular formula is C10H11N4O. The Morgan fingerprint density at radius 2 is 2.07 bits per heavy atom. The predicted molar refractivity (Wildman–Crippen MR) is 53.5 cm³/mol. The third-order valence-corrected chi connectivity index (χ3v) is 2.01. The van der Waals surface area contributed by atoms with Gasteiger partial charge < -0.3 is 4.74 Å². The predicted octanol–water partition coefficient (Wildman–Crippen LogP) is 1.03. The molecule has 77 valence electrons. The molecule has 0 saturated heterocycles. The Morgan fingerprint density at radius 3 is 2.80 bits per heavy atom. The Labute approximate surface area is 87.7 Å². The van der Waals surface area contributed by atoms with E-state index in [1.54, 1.807) is 4.68 Å². The van der Waals surface area contributed by atoms with Crippen LogP contribution < -0.4 is 0 Å². The molecule has 2 aromatic rings. The van der Waals surface area contributed by atoms with E-state index < -0.39 is 0 Å². The third kappa shape index (κ3) is 2.38. The van der Waals surface area contributed by atoms with Gasteiger partial charge in [0.25, 0.3) is 0 Å². The highest BCUT2D eigenvalue weighted by molar-refractivity contribution is 5.14. The van der Waals surface area contributed by atoms with E-state index in [4.69, 9.17) is 4.74 Å². The van der Waals surface area contributed by atoms with E-state index in [9.17, 15) is 0 Å². The van der Waals surface area contributed by atoms with Crippen molar-refractivity contribution in [2.75, 3.05) is 0 Å². The van der Waals surface area contributed by atoms with Gasteiger partial charge in [0.1, 0.15) is 6.61 Å². The average molecular weight is 203 g/mol. The second-order valence-electron chi connectivity index (χ2n) is 3.09. The number of ether oxygens (including phenoxy) is 1. The second kappa shape index (κ2) is 4.65. The fourth-order valence-electron chi connectivity index (χ4n) is 1.30. The lowest BCUT2D eigenvalue weighted by Gasteiger charge is -2.03. The summed E-state index contributed by atoms with van der Waals surface area (Å²) >= 11 is 0. The van der Waals surface area contributed by atoms with Crippen molar-refractivity contribution in [3.05, 3.63) is 48.8 Å². The van der Waals surface area contributed by atoms with E-state index in [0.29, 0.717) is 19.0 Å². The van der Waals surface area contributed by atoms with Gasteiger partial charge in [-0.25, -0.2) is 4.68 Å². The molecule has 0 aliphatic rings. The number of rotatable bonds is 4. The lowest BCUT2D eigenvalue weighted by molar-refractivity contribution is 0.215. The van der Waals surface area contributed by atoms with Crippen LogP contribution in [0.4, 0.5) is 0 Å². The zero-order valence-electron chi connectivity index (χ0n) is 8.21. The SMILES string of the molecule is [CH2]OCc1nnnn1Cc1ccccc1. The smallest absolute Gasteiger partial charge is 0.177 e. The molecule has 0 N–H and O–H groups in total. The number of nitrogens with zero attached hydrogens (tertiary/aromatic N) is 4. The van der Waals surface area contributed by atoms with Crippen LogP contribution in [0.1, 0.15) is 11.4 Å². The Hall–Kier alpha value is -1.75. The van der Waals surface area contributed by atoms with Gasteiger partial charge in [0.2, 0.25) is 0 Å². The van der Waals surface area contributed by atoms with Crippen molar-refractivity contribution in [2.45, 2.75) is 13.2 Å². The first kappa shape index (κ1) is 9.79. The van der Waals surface area contributed by atoms with Crippen molar-refractivity contribution in [1.29, 1.82) is 0 Å². The molecule has 0 aliphatic carbocycles. The minimum absolute atomic E-state index is 0.319. The number of tetrazole rings is 1. The molecule has 5 nitrogen and oxygen atoms in total. The number of hydrogen-bond donors (Lipinski definition) is 0. The van der Waals surface area contributed by atoms with E-state index >= 15 is 0 Å². The summed E-state index contributed by atoms with van der Waals surface area (Å²) in [5, 5.41) is 11.3. The first-order valence-electron chi connectivity index (χ1n) is 4.56. The molecule has 0 amide bonds. The van der Waals surface area contributed by atoms with Gasteiger partial charge in [-0.2, -0.15) is 0 Å². The van der Waals surface area contributed by atoms with Crippen LogP contribution in [0.3, 0.4) is 0 Å². The quantitative estimate of drug-likeness (QED) is 0.744. The molecule has 0 bridgehead atoms. The van der Waals surface area contributed by atoms with Crippen molar-refractivity contribution in [3.63, 3.8) is 0 Å². The molecule has 0 atom stereocenters. The summed E-state index contributed by atoms with van der Waals surface area (Å²) < 4.78 is 6.45. The Balaban J connectivity index is 2.14. The maximum absolute atomic E-state index is 4.75. The highest BCUT2D eigenvalue weighted by Crippen LogP contribution is 2.03. The Bertz CT molecular complexity index is 412. The first-order valence-corrected chi connectivity index (χ1v) is 4.56. The zero-order chi connectivity index (χ0) is 10.5. The van der Waals surface area contributed by atoms with Crippen LogP contribution in [-0.4, -0.2) is 20.2 Å². The van der Waals surface area contributed by atoms with Crippen LogP contribution in [0.5, 0.6) is 0 Å². The minimum atomic E-state index is 0.319. The summed E-state index contributed by atoms with van der Waals surface area (Å²) in [6.45, 7) is 0.965. The van der Waals surface area contributed by atoms with Gasteiger partial charge in [-0.15, -0.1) is 5.10 Å². The van der Waals surface area contributed by atoms with Crippen LogP contribution in [0.15, 0.2) is 30.3 Å². The molecule has 5 heteroatoms. The molecule has 0 saturated carbocycles. The summed E-state index contributed by atoms with van der Waals surface area (Å²) in [5.74, 6) is 0.675. The molecule has 15 heavy (non-hydrogen) atoms. The van der Waals surface area contributed by atoms with Crippen LogP contribution >= 0.6 is 0 Å². The fourth-order valence-corrected chi connectivity index (χ4v) is 1.30. The summed E-state index contributed by atoms with van der Waals surface area (Å²) in [6.07, 6.45) is 0. The van der Waals surface area contributed by atoms with Crippen LogP contribution in [-0.2, 0) is 17.9 Å². The van der Waals surface area contributed by atoms with E-state index in [1.165, 1.54) is 0 Å². The van der Waals surface area contributed by atoms with Crippen molar-refractivity contribution in [1.82, 2.24) is 20.2 Å². The van der Waals surface area contributed by atoms with Gasteiger partial charge in [-0.1, -0.05) is 30.3 Å². The number of hydrogen-bond acceptors (Lipinski definition) is 4. The van der Waals surface area contributed by atoms with Crippen molar-refractivity contribution >= 4 is 0 Å². The maximum Gasteiger partial charge on any atom is 0.177 e. The molecule has 2 rings (SSSR count). The standard InChI is InChI=1S/C10H11N4O/c1-15-8-10-11-12-13-14(10)7-9-5-3-2-4-6-9/h2-6H,1,7-8H2. The largest absolute Gasteiger partial charge is 0.371 e. The van der Waals surface area contributed by atoms with E-state index in [2.05, 4.69) is 22.6 Å². The topological polar surface area (TPSA) is 52.8 Å². The molecule has 0 fully saturated rings. The first-order chi connectivity index (χ1) is 7.40. The lowest BCUT2D eigenvalue weighted by atomic mass is 10.2. The summed E-state index contributed by atoms with van der Waals surface area (Å²) in [4.78, 5) is 0. The molecule has 1 aromatic heterocycles. The Morgan fingerprint density at radius 1 is 1.27 bits per heavy atom. The van der Waals surface area contributed by atoms with Crippen LogP contribution in [0.25, 0.3) is 0 Å². The summed E-state index contributed by atoms with van der Waals surface area (Å²) in [7, 11) is 3.30. The van der Waals surface area contributed by atoms with Gasteiger partial charge in [0.05, 0.1) is 13.7 Å². The van der Waals surface area contributed by atoms with Crippen molar-refractivity contribution in [3.8, 4) is 0 Å². The van der Waals surface area contributed by atoms with Gasteiger partial charge in [-0.05, 0) is 16.0 Å². The third-order valence-electron chi connectivity index (χ3n) is 2.01. The fraction of sp³-hybridized carbons (Fsp3) is 0.200. The molecule has 1 heterocycles. The minimum Gasteiger partial charge on any atom is -0.371 e. The second-order valence-corrected chi connectivity index (χ2v) is 3.09.